The molecular weight excluding hydrogens is 208 g/mol. The summed E-state index contributed by atoms with van der Waals surface area (Å²) in [4.78, 5) is 11.5. The maximum atomic E-state index is 11.5. The molecule has 1 aromatic carbocycles. The summed E-state index contributed by atoms with van der Waals surface area (Å²) in [6.07, 6.45) is 0.468. The van der Waals surface area contributed by atoms with Crippen LogP contribution in [0.5, 0.6) is 5.75 Å². The van der Waals surface area contributed by atoms with Crippen molar-refractivity contribution in [3.63, 3.8) is 0 Å². The van der Waals surface area contributed by atoms with Crippen LogP contribution in [0.3, 0.4) is 0 Å². The Morgan fingerprint density at radius 1 is 1.44 bits per heavy atom. The number of carbonyl (C=O) groups is 1. The minimum atomic E-state index is -0.343. The van der Waals surface area contributed by atoms with Gasteiger partial charge in [0.15, 0.2) is 0 Å². The molecule has 0 radical (unpaired) electrons. The van der Waals surface area contributed by atoms with Crippen molar-refractivity contribution in [2.45, 2.75) is 19.6 Å². The van der Waals surface area contributed by atoms with Crippen LogP contribution < -0.4 is 4.74 Å². The zero-order valence-electron chi connectivity index (χ0n) is 9.57. The Balaban J connectivity index is 2.39. The summed E-state index contributed by atoms with van der Waals surface area (Å²) in [5.74, 6) is 0.402. The summed E-state index contributed by atoms with van der Waals surface area (Å²) < 4.78 is 15.4. The molecule has 2 rings (SSSR count). The predicted molar refractivity (Wildman–Crippen MR) is 57.6 cm³/mol. The van der Waals surface area contributed by atoms with E-state index in [4.69, 9.17) is 14.2 Å². The number of methoxy groups -OCH3 is 2. The molecule has 0 spiro atoms. The highest BCUT2D eigenvalue weighted by Gasteiger charge is 2.26. The van der Waals surface area contributed by atoms with Crippen LogP contribution in [0.25, 0.3) is 0 Å². The molecule has 86 valence electrons. The van der Waals surface area contributed by atoms with E-state index in [0.29, 0.717) is 12.0 Å². The molecule has 1 aromatic rings. The fourth-order valence-corrected chi connectivity index (χ4v) is 1.89. The Labute approximate surface area is 94.1 Å². The van der Waals surface area contributed by atoms with Crippen LogP contribution in [-0.4, -0.2) is 26.5 Å². The van der Waals surface area contributed by atoms with Crippen molar-refractivity contribution < 1.29 is 19.0 Å². The van der Waals surface area contributed by atoms with Crippen molar-refractivity contribution >= 4 is 5.97 Å². The molecule has 4 heteroatoms. The Bertz CT molecular complexity index is 425. The second-order valence-electron chi connectivity index (χ2n) is 3.71. The number of hydrogen-bond acceptors (Lipinski definition) is 4. The highest BCUT2D eigenvalue weighted by Crippen LogP contribution is 2.34. The number of benzene rings is 1. The molecule has 4 nitrogen and oxygen atoms in total. The van der Waals surface area contributed by atoms with Crippen molar-refractivity contribution in [1.29, 1.82) is 0 Å². The molecule has 16 heavy (non-hydrogen) atoms. The summed E-state index contributed by atoms with van der Waals surface area (Å²) in [5, 5.41) is 0. The van der Waals surface area contributed by atoms with E-state index < -0.39 is 0 Å². The van der Waals surface area contributed by atoms with E-state index in [-0.39, 0.29) is 12.3 Å². The molecule has 1 aliphatic rings. The lowest BCUT2D eigenvalue weighted by Gasteiger charge is -2.10. The monoisotopic (exact) mass is 222 g/mol. The summed E-state index contributed by atoms with van der Waals surface area (Å²) in [7, 11) is 2.97. The lowest BCUT2D eigenvalue weighted by molar-refractivity contribution is -0.0371. The van der Waals surface area contributed by atoms with Gasteiger partial charge in [-0.1, -0.05) is 6.07 Å². The van der Waals surface area contributed by atoms with Gasteiger partial charge in [-0.05, 0) is 13.0 Å². The van der Waals surface area contributed by atoms with Crippen LogP contribution in [0.2, 0.25) is 0 Å². The number of esters is 1. The third-order valence-electron chi connectivity index (χ3n) is 2.79. The Hall–Kier alpha value is -1.55. The van der Waals surface area contributed by atoms with Crippen molar-refractivity contribution in [3.8, 4) is 5.75 Å². The van der Waals surface area contributed by atoms with Crippen molar-refractivity contribution in [2.24, 2.45) is 0 Å². The maximum absolute atomic E-state index is 11.5. The van der Waals surface area contributed by atoms with Gasteiger partial charge in [-0.25, -0.2) is 4.79 Å². The highest BCUT2D eigenvalue weighted by molar-refractivity contribution is 5.92. The summed E-state index contributed by atoms with van der Waals surface area (Å²) in [6.45, 7) is 1.85. The molecule has 0 saturated carbocycles. The van der Waals surface area contributed by atoms with E-state index in [9.17, 15) is 4.79 Å². The van der Waals surface area contributed by atoms with E-state index in [1.165, 1.54) is 7.11 Å². The van der Waals surface area contributed by atoms with Crippen LogP contribution in [0, 0.1) is 6.92 Å². The average Bonchev–Trinajstić information content (AvgIpc) is 2.72. The molecule has 0 bridgehead atoms. The Kier molecular flexibility index (Phi) is 2.83. The summed E-state index contributed by atoms with van der Waals surface area (Å²) in [5.41, 5.74) is 2.42. The van der Waals surface area contributed by atoms with E-state index >= 15 is 0 Å². The normalized spacial score (nSPS) is 17.8. The molecule has 1 unspecified atom stereocenters. The van der Waals surface area contributed by atoms with Crippen molar-refractivity contribution in [2.75, 3.05) is 14.2 Å². The Morgan fingerprint density at radius 3 is 2.81 bits per heavy atom. The number of hydrogen-bond donors (Lipinski definition) is 0. The van der Waals surface area contributed by atoms with Crippen LogP contribution in [0.1, 0.15) is 21.5 Å². The first-order valence-corrected chi connectivity index (χ1v) is 5.07. The van der Waals surface area contributed by atoms with E-state index in [1.54, 1.807) is 13.2 Å². The van der Waals surface area contributed by atoms with Gasteiger partial charge in [0.1, 0.15) is 5.75 Å². The number of rotatable bonds is 2. The van der Waals surface area contributed by atoms with Gasteiger partial charge >= 0.3 is 5.97 Å². The summed E-state index contributed by atoms with van der Waals surface area (Å²) >= 11 is 0. The van der Waals surface area contributed by atoms with Gasteiger partial charge in [0.05, 0.1) is 12.7 Å². The number of fused-ring (bicyclic) bond motifs is 1. The van der Waals surface area contributed by atoms with Gasteiger partial charge < -0.3 is 14.2 Å². The van der Waals surface area contributed by atoms with E-state index in [2.05, 4.69) is 0 Å². The van der Waals surface area contributed by atoms with Gasteiger partial charge in [-0.15, -0.1) is 0 Å². The van der Waals surface area contributed by atoms with Crippen molar-refractivity contribution in [1.82, 2.24) is 0 Å². The fourth-order valence-electron chi connectivity index (χ4n) is 1.89. The first-order valence-electron chi connectivity index (χ1n) is 5.07. The van der Waals surface area contributed by atoms with Crippen molar-refractivity contribution in [3.05, 3.63) is 28.8 Å². The maximum Gasteiger partial charge on any atom is 0.338 e. The second-order valence-corrected chi connectivity index (χ2v) is 3.71. The van der Waals surface area contributed by atoms with Crippen LogP contribution in [0.4, 0.5) is 0 Å². The standard InChI is InChI=1S/C12H14O4/c1-7-9(12(13)15-3)5-4-8-6-10(14-2)16-11(7)8/h4-5,10H,6H2,1-3H3. The lowest BCUT2D eigenvalue weighted by Crippen LogP contribution is -2.14. The molecule has 1 atom stereocenters. The minimum Gasteiger partial charge on any atom is -0.465 e. The van der Waals surface area contributed by atoms with Gasteiger partial charge in [0, 0.05) is 24.7 Å². The van der Waals surface area contributed by atoms with Gasteiger partial charge in [-0.3, -0.25) is 0 Å². The molecule has 0 fully saturated rings. The zero-order chi connectivity index (χ0) is 11.7. The zero-order valence-corrected chi connectivity index (χ0v) is 9.57. The third kappa shape index (κ3) is 1.65. The predicted octanol–water partition coefficient (Wildman–Crippen LogP) is 1.69. The van der Waals surface area contributed by atoms with Crippen LogP contribution in [0.15, 0.2) is 12.1 Å². The van der Waals surface area contributed by atoms with E-state index in [1.807, 2.05) is 13.0 Å². The molecule has 0 saturated heterocycles. The Morgan fingerprint density at radius 2 is 2.19 bits per heavy atom. The van der Waals surface area contributed by atoms with Gasteiger partial charge in [0.25, 0.3) is 0 Å². The largest absolute Gasteiger partial charge is 0.465 e. The SMILES string of the molecule is COC(=O)c1ccc2c(c1C)OC(OC)C2. The van der Waals surface area contributed by atoms with Gasteiger partial charge in [0.2, 0.25) is 6.29 Å². The molecule has 1 heterocycles. The average molecular weight is 222 g/mol. The first kappa shape index (κ1) is 11.0. The molecule has 0 N–H and O–H groups in total. The topological polar surface area (TPSA) is 44.8 Å². The van der Waals surface area contributed by atoms with E-state index in [0.717, 1.165) is 16.9 Å². The molecular formula is C12H14O4. The molecule has 0 amide bonds. The second kappa shape index (κ2) is 4.14. The fraction of sp³-hybridized carbons (Fsp3) is 0.417. The molecule has 0 aliphatic carbocycles. The quantitative estimate of drug-likeness (QED) is 0.714. The molecule has 0 aromatic heterocycles. The summed E-state index contributed by atoms with van der Waals surface area (Å²) in [6, 6.07) is 3.65. The smallest absolute Gasteiger partial charge is 0.338 e. The van der Waals surface area contributed by atoms with Crippen LogP contribution in [-0.2, 0) is 15.9 Å². The minimum absolute atomic E-state index is 0.249. The lowest BCUT2D eigenvalue weighted by atomic mass is 10.0. The number of ether oxygens (including phenoxy) is 3. The highest BCUT2D eigenvalue weighted by atomic mass is 16.7. The van der Waals surface area contributed by atoms with Gasteiger partial charge in [-0.2, -0.15) is 0 Å². The van der Waals surface area contributed by atoms with Crippen LogP contribution >= 0.6 is 0 Å². The number of carbonyl (C=O) groups excluding carboxylic acids is 1. The first-order chi connectivity index (χ1) is 7.67. The third-order valence-corrected chi connectivity index (χ3v) is 2.79. The molecule has 1 aliphatic heterocycles.